The molecule has 2 aromatic carbocycles. The molecule has 6 heteroatoms. The van der Waals surface area contributed by atoms with Gasteiger partial charge in [-0.25, -0.2) is 4.39 Å². The summed E-state index contributed by atoms with van der Waals surface area (Å²) in [5.74, 6) is -0.247. The van der Waals surface area contributed by atoms with E-state index in [1.165, 1.54) is 23.8 Å². The van der Waals surface area contributed by atoms with Crippen LogP contribution in [-0.4, -0.2) is 22.6 Å². The zero-order valence-electron chi connectivity index (χ0n) is 16.8. The zero-order valence-corrected chi connectivity index (χ0v) is 16.8. The molecule has 0 fully saturated rings. The highest BCUT2D eigenvalue weighted by Crippen LogP contribution is 2.36. The second kappa shape index (κ2) is 7.17. The number of benzene rings is 2. The van der Waals surface area contributed by atoms with Crippen LogP contribution >= 0.6 is 0 Å². The number of rotatable bonds is 3. The minimum atomic E-state index is -4.34. The minimum absolute atomic E-state index is 0.247. The van der Waals surface area contributed by atoms with Crippen LogP contribution in [0.4, 0.5) is 17.6 Å². The first-order valence-electron chi connectivity index (χ1n) is 9.82. The summed E-state index contributed by atoms with van der Waals surface area (Å²) in [4.78, 5) is 2.27. The van der Waals surface area contributed by atoms with E-state index in [1.54, 1.807) is 0 Å². The predicted octanol–water partition coefficient (Wildman–Crippen LogP) is 5.73. The number of nitrogens with zero attached hydrogens (tertiary/aromatic N) is 2. The van der Waals surface area contributed by atoms with Gasteiger partial charge in [-0.2, -0.15) is 13.2 Å². The van der Waals surface area contributed by atoms with E-state index in [1.807, 2.05) is 17.6 Å². The molecule has 29 heavy (non-hydrogen) atoms. The summed E-state index contributed by atoms with van der Waals surface area (Å²) in [7, 11) is 2.08. The van der Waals surface area contributed by atoms with Crippen molar-refractivity contribution in [3.63, 3.8) is 0 Å². The normalized spacial score (nSPS) is 17.7. The lowest BCUT2D eigenvalue weighted by molar-refractivity contribution is -0.137. The molecule has 0 saturated carbocycles. The molecular formula is C23H24F4N2. The lowest BCUT2D eigenvalue weighted by atomic mass is 9.98. The topological polar surface area (TPSA) is 8.17 Å². The lowest BCUT2D eigenvalue weighted by Gasteiger charge is -2.31. The molecule has 1 aliphatic heterocycles. The highest BCUT2D eigenvalue weighted by molar-refractivity contribution is 5.89. The summed E-state index contributed by atoms with van der Waals surface area (Å²) in [5, 5.41) is 0.978. The van der Waals surface area contributed by atoms with E-state index in [-0.39, 0.29) is 5.82 Å². The molecule has 4 rings (SSSR count). The van der Waals surface area contributed by atoms with Crippen LogP contribution in [0.5, 0.6) is 0 Å². The maximum absolute atomic E-state index is 14.9. The third-order valence-corrected chi connectivity index (χ3v) is 6.14. The standard InChI is InChI=1S/C23H24F4N2/c1-14-4-9-19(24)22-21(14)18-13-28(3)15(2)12-20(18)29(22)11-10-16-5-7-17(8-6-16)23(25,26)27/h4-9,15H,10-13H2,1-3H3. The summed E-state index contributed by atoms with van der Waals surface area (Å²) < 4.78 is 55.3. The number of aromatic nitrogens is 1. The summed E-state index contributed by atoms with van der Waals surface area (Å²) >= 11 is 0. The van der Waals surface area contributed by atoms with E-state index >= 15 is 0 Å². The number of alkyl halides is 3. The average Bonchev–Trinajstić information content (AvgIpc) is 2.97. The molecule has 0 saturated heterocycles. The Bertz CT molecular complexity index is 1050. The number of hydrogen-bond acceptors (Lipinski definition) is 1. The summed E-state index contributed by atoms with van der Waals surface area (Å²) in [5.41, 5.74) is 4.14. The number of likely N-dealkylation sites (N-methyl/N-ethyl adjacent to an activating group) is 1. The van der Waals surface area contributed by atoms with Crippen LogP contribution in [0.25, 0.3) is 10.9 Å². The Hall–Kier alpha value is -2.34. The fourth-order valence-electron chi connectivity index (χ4n) is 4.35. The van der Waals surface area contributed by atoms with Crippen molar-refractivity contribution in [1.29, 1.82) is 0 Å². The van der Waals surface area contributed by atoms with Crippen molar-refractivity contribution in [2.45, 2.75) is 52.0 Å². The molecule has 1 unspecified atom stereocenters. The molecule has 0 N–H and O–H groups in total. The fraction of sp³-hybridized carbons (Fsp3) is 0.391. The van der Waals surface area contributed by atoms with Gasteiger partial charge in [0.05, 0.1) is 11.1 Å². The van der Waals surface area contributed by atoms with E-state index in [0.29, 0.717) is 24.5 Å². The first kappa shape index (κ1) is 20.0. The van der Waals surface area contributed by atoms with Crippen molar-refractivity contribution in [3.8, 4) is 0 Å². The number of halogens is 4. The van der Waals surface area contributed by atoms with E-state index < -0.39 is 11.7 Å². The van der Waals surface area contributed by atoms with Crippen molar-refractivity contribution in [1.82, 2.24) is 9.47 Å². The van der Waals surface area contributed by atoms with Crippen LogP contribution < -0.4 is 0 Å². The number of aryl methyl sites for hydroxylation is 3. The molecule has 0 bridgehead atoms. The summed E-state index contributed by atoms with van der Waals surface area (Å²) in [6.45, 7) is 5.46. The molecule has 0 amide bonds. The van der Waals surface area contributed by atoms with Crippen LogP contribution in [-0.2, 0) is 32.1 Å². The first-order chi connectivity index (χ1) is 13.7. The monoisotopic (exact) mass is 404 g/mol. The smallest absolute Gasteiger partial charge is 0.341 e. The van der Waals surface area contributed by atoms with Gasteiger partial charge in [-0.3, -0.25) is 4.90 Å². The molecule has 2 nitrogen and oxygen atoms in total. The van der Waals surface area contributed by atoms with Crippen LogP contribution in [0.2, 0.25) is 0 Å². The minimum Gasteiger partial charge on any atom is -0.341 e. The molecule has 154 valence electrons. The van der Waals surface area contributed by atoms with Gasteiger partial charge in [0.1, 0.15) is 5.82 Å². The Morgan fingerprint density at radius 1 is 1.07 bits per heavy atom. The van der Waals surface area contributed by atoms with Crippen molar-refractivity contribution >= 4 is 10.9 Å². The van der Waals surface area contributed by atoms with Gasteiger partial charge in [0.25, 0.3) is 0 Å². The fourth-order valence-corrected chi connectivity index (χ4v) is 4.35. The Labute approximate surface area is 167 Å². The van der Waals surface area contributed by atoms with Gasteiger partial charge in [-0.1, -0.05) is 18.2 Å². The molecule has 0 spiro atoms. The van der Waals surface area contributed by atoms with Crippen LogP contribution in [0, 0.1) is 12.7 Å². The maximum atomic E-state index is 14.9. The Kier molecular flexibility index (Phi) is 4.93. The molecule has 1 atom stereocenters. The molecule has 1 aliphatic rings. The Morgan fingerprint density at radius 2 is 1.76 bits per heavy atom. The van der Waals surface area contributed by atoms with Gasteiger partial charge in [0, 0.05) is 36.6 Å². The van der Waals surface area contributed by atoms with Gasteiger partial charge in [0.15, 0.2) is 0 Å². The maximum Gasteiger partial charge on any atom is 0.416 e. The Balaban J connectivity index is 1.72. The molecule has 0 radical (unpaired) electrons. The molecule has 2 heterocycles. The first-order valence-corrected chi connectivity index (χ1v) is 9.82. The van der Waals surface area contributed by atoms with Crippen molar-refractivity contribution in [3.05, 3.63) is 70.2 Å². The van der Waals surface area contributed by atoms with E-state index in [9.17, 15) is 17.6 Å². The molecular weight excluding hydrogens is 380 g/mol. The third kappa shape index (κ3) is 3.54. The largest absolute Gasteiger partial charge is 0.416 e. The van der Waals surface area contributed by atoms with Crippen molar-refractivity contribution in [2.75, 3.05) is 7.05 Å². The summed E-state index contributed by atoms with van der Waals surface area (Å²) in [6, 6.07) is 8.92. The molecule has 0 aliphatic carbocycles. The van der Waals surface area contributed by atoms with Gasteiger partial charge in [-0.05, 0) is 62.2 Å². The number of fused-ring (bicyclic) bond motifs is 3. The van der Waals surface area contributed by atoms with E-state index in [0.717, 1.165) is 47.3 Å². The SMILES string of the molecule is Cc1ccc(F)c2c1c1c(n2CCc2ccc(C(F)(F)F)cc2)CC(C)N(C)C1. The Morgan fingerprint density at radius 3 is 2.41 bits per heavy atom. The average molecular weight is 404 g/mol. The van der Waals surface area contributed by atoms with E-state index in [2.05, 4.69) is 18.9 Å². The lowest BCUT2D eigenvalue weighted by Crippen LogP contribution is -2.35. The van der Waals surface area contributed by atoms with Crippen LogP contribution in [0.3, 0.4) is 0 Å². The van der Waals surface area contributed by atoms with Gasteiger partial charge < -0.3 is 4.57 Å². The van der Waals surface area contributed by atoms with Crippen molar-refractivity contribution in [2.24, 2.45) is 0 Å². The quantitative estimate of drug-likeness (QED) is 0.507. The zero-order chi connectivity index (χ0) is 20.9. The highest BCUT2D eigenvalue weighted by atomic mass is 19.4. The van der Waals surface area contributed by atoms with Crippen molar-refractivity contribution < 1.29 is 17.6 Å². The third-order valence-electron chi connectivity index (χ3n) is 6.14. The predicted molar refractivity (Wildman–Crippen MR) is 106 cm³/mol. The second-order valence-corrected chi connectivity index (χ2v) is 8.08. The second-order valence-electron chi connectivity index (χ2n) is 8.08. The summed E-state index contributed by atoms with van der Waals surface area (Å²) in [6.07, 6.45) is -2.96. The molecule has 1 aromatic heterocycles. The molecule has 3 aromatic rings. The van der Waals surface area contributed by atoms with Gasteiger partial charge >= 0.3 is 6.18 Å². The van der Waals surface area contributed by atoms with Crippen LogP contribution in [0.1, 0.15) is 34.9 Å². The van der Waals surface area contributed by atoms with Gasteiger partial charge in [0.2, 0.25) is 0 Å². The van der Waals surface area contributed by atoms with Gasteiger partial charge in [-0.15, -0.1) is 0 Å². The van der Waals surface area contributed by atoms with Crippen LogP contribution in [0.15, 0.2) is 36.4 Å². The highest BCUT2D eigenvalue weighted by Gasteiger charge is 2.30. The van der Waals surface area contributed by atoms with E-state index in [4.69, 9.17) is 0 Å². The number of hydrogen-bond donors (Lipinski definition) is 0.